The molecule has 1 amide bonds. The van der Waals surface area contributed by atoms with E-state index in [1.807, 2.05) is 0 Å². The van der Waals surface area contributed by atoms with Crippen molar-refractivity contribution >= 4 is 5.91 Å². The summed E-state index contributed by atoms with van der Waals surface area (Å²) in [7, 11) is 0. The number of piperidine rings is 1. The van der Waals surface area contributed by atoms with Gasteiger partial charge in [0.15, 0.2) is 6.61 Å². The molecule has 1 aliphatic rings. The van der Waals surface area contributed by atoms with Crippen LogP contribution >= 0.6 is 0 Å². The molecule has 1 saturated heterocycles. The molecule has 0 atom stereocenters. The van der Waals surface area contributed by atoms with Crippen LogP contribution in [0.15, 0.2) is 24.3 Å². The highest BCUT2D eigenvalue weighted by Crippen LogP contribution is 2.15. The molecular formula is C15H20FNO4. The van der Waals surface area contributed by atoms with Crippen molar-refractivity contribution in [3.8, 4) is 5.75 Å². The van der Waals surface area contributed by atoms with E-state index in [2.05, 4.69) is 0 Å². The summed E-state index contributed by atoms with van der Waals surface area (Å²) in [5.41, 5.74) is 0. The molecule has 1 fully saturated rings. The Morgan fingerprint density at radius 3 is 2.57 bits per heavy atom. The number of carbonyl (C=O) groups excluding carboxylic acids is 1. The number of ether oxygens (including phenoxy) is 2. The minimum atomic E-state index is -0.335. The normalized spacial score (nSPS) is 16.0. The molecular weight excluding hydrogens is 277 g/mol. The van der Waals surface area contributed by atoms with Crippen molar-refractivity contribution in [1.82, 2.24) is 4.90 Å². The maximum atomic E-state index is 12.7. The van der Waals surface area contributed by atoms with Crippen molar-refractivity contribution in [3.05, 3.63) is 30.1 Å². The molecule has 1 N–H and O–H groups in total. The van der Waals surface area contributed by atoms with E-state index >= 15 is 0 Å². The molecule has 5 nitrogen and oxygen atoms in total. The molecule has 1 aromatic rings. The van der Waals surface area contributed by atoms with Crippen LogP contribution in [-0.2, 0) is 9.53 Å². The molecule has 2 rings (SSSR count). The molecule has 1 heterocycles. The molecule has 21 heavy (non-hydrogen) atoms. The number of hydrogen-bond acceptors (Lipinski definition) is 4. The lowest BCUT2D eigenvalue weighted by atomic mass is 10.1. The van der Waals surface area contributed by atoms with Gasteiger partial charge >= 0.3 is 0 Å². The fourth-order valence-electron chi connectivity index (χ4n) is 2.26. The lowest BCUT2D eigenvalue weighted by molar-refractivity contribution is -0.136. The average molecular weight is 297 g/mol. The Bertz CT molecular complexity index is 443. The maximum absolute atomic E-state index is 12.7. The van der Waals surface area contributed by atoms with E-state index in [9.17, 15) is 9.18 Å². The first-order chi connectivity index (χ1) is 10.2. The number of nitrogens with zero attached hydrogens (tertiary/aromatic N) is 1. The van der Waals surface area contributed by atoms with Crippen LogP contribution in [-0.4, -0.2) is 54.9 Å². The van der Waals surface area contributed by atoms with Crippen molar-refractivity contribution in [1.29, 1.82) is 0 Å². The summed E-state index contributed by atoms with van der Waals surface area (Å²) in [6, 6.07) is 5.59. The summed E-state index contributed by atoms with van der Waals surface area (Å²) in [4.78, 5) is 13.7. The van der Waals surface area contributed by atoms with Gasteiger partial charge in [-0.3, -0.25) is 4.79 Å². The Hall–Kier alpha value is -1.66. The largest absolute Gasteiger partial charge is 0.484 e. The highest BCUT2D eigenvalue weighted by Gasteiger charge is 2.23. The SMILES string of the molecule is O=C(COc1ccc(F)cc1)N1CCC(OCCO)CC1. The molecule has 0 aromatic heterocycles. The van der Waals surface area contributed by atoms with Crippen molar-refractivity contribution in [2.75, 3.05) is 32.9 Å². The van der Waals surface area contributed by atoms with E-state index in [4.69, 9.17) is 14.6 Å². The summed E-state index contributed by atoms with van der Waals surface area (Å²) in [6.45, 7) is 1.56. The first-order valence-corrected chi connectivity index (χ1v) is 7.07. The van der Waals surface area contributed by atoms with Crippen LogP contribution in [0, 0.1) is 5.82 Å². The smallest absolute Gasteiger partial charge is 0.260 e. The van der Waals surface area contributed by atoms with E-state index < -0.39 is 0 Å². The van der Waals surface area contributed by atoms with E-state index in [1.54, 1.807) is 4.90 Å². The molecule has 0 radical (unpaired) electrons. The van der Waals surface area contributed by atoms with Crippen LogP contribution in [0.3, 0.4) is 0 Å². The number of amides is 1. The Balaban J connectivity index is 1.71. The van der Waals surface area contributed by atoms with Crippen LogP contribution in [0.4, 0.5) is 4.39 Å². The second-order valence-corrected chi connectivity index (χ2v) is 4.92. The fourth-order valence-corrected chi connectivity index (χ4v) is 2.26. The highest BCUT2D eigenvalue weighted by molar-refractivity contribution is 5.77. The molecule has 6 heteroatoms. The van der Waals surface area contributed by atoms with Crippen LogP contribution < -0.4 is 4.74 Å². The summed E-state index contributed by atoms with van der Waals surface area (Å²) in [6.07, 6.45) is 1.64. The molecule has 0 bridgehead atoms. The third-order valence-electron chi connectivity index (χ3n) is 3.42. The van der Waals surface area contributed by atoms with Gasteiger partial charge in [0.1, 0.15) is 11.6 Å². The predicted molar refractivity (Wildman–Crippen MR) is 74.5 cm³/mol. The summed E-state index contributed by atoms with van der Waals surface area (Å²) in [5, 5.41) is 8.70. The predicted octanol–water partition coefficient (Wildman–Crippen LogP) is 1.20. The van der Waals surface area contributed by atoms with E-state index in [-0.39, 0.29) is 31.0 Å². The van der Waals surface area contributed by atoms with Gasteiger partial charge in [-0.05, 0) is 37.1 Å². The van der Waals surface area contributed by atoms with Crippen molar-refractivity contribution in [2.45, 2.75) is 18.9 Å². The molecule has 0 spiro atoms. The monoisotopic (exact) mass is 297 g/mol. The number of rotatable bonds is 6. The second-order valence-electron chi connectivity index (χ2n) is 4.92. The van der Waals surface area contributed by atoms with Crippen LogP contribution in [0.5, 0.6) is 5.75 Å². The van der Waals surface area contributed by atoms with Crippen molar-refractivity contribution in [3.63, 3.8) is 0 Å². The van der Waals surface area contributed by atoms with Gasteiger partial charge in [-0.2, -0.15) is 0 Å². The van der Waals surface area contributed by atoms with Crippen LogP contribution in [0.25, 0.3) is 0 Å². The van der Waals surface area contributed by atoms with Crippen molar-refractivity contribution in [2.24, 2.45) is 0 Å². The first-order valence-electron chi connectivity index (χ1n) is 7.07. The number of carbonyl (C=O) groups is 1. The number of aliphatic hydroxyl groups is 1. The van der Waals surface area contributed by atoms with Gasteiger partial charge in [0.05, 0.1) is 19.3 Å². The highest BCUT2D eigenvalue weighted by atomic mass is 19.1. The number of benzene rings is 1. The van der Waals surface area contributed by atoms with Gasteiger partial charge in [0.2, 0.25) is 0 Å². The van der Waals surface area contributed by atoms with Crippen LogP contribution in [0.2, 0.25) is 0 Å². The molecule has 0 unspecified atom stereocenters. The lowest BCUT2D eigenvalue weighted by Crippen LogP contribution is -2.43. The van der Waals surface area contributed by atoms with Gasteiger partial charge in [0, 0.05) is 13.1 Å². The maximum Gasteiger partial charge on any atom is 0.260 e. The van der Waals surface area contributed by atoms with Gasteiger partial charge in [-0.25, -0.2) is 4.39 Å². The van der Waals surface area contributed by atoms with Crippen molar-refractivity contribution < 1.29 is 23.8 Å². The topological polar surface area (TPSA) is 59.0 Å². The lowest BCUT2D eigenvalue weighted by Gasteiger charge is -2.31. The molecule has 0 saturated carbocycles. The summed E-state index contributed by atoms with van der Waals surface area (Å²) in [5.74, 6) is 0.0597. The van der Waals surface area contributed by atoms with Crippen LogP contribution in [0.1, 0.15) is 12.8 Å². The number of aliphatic hydroxyl groups excluding tert-OH is 1. The zero-order chi connectivity index (χ0) is 15.1. The minimum absolute atomic E-state index is 0.0185. The summed E-state index contributed by atoms with van der Waals surface area (Å²) < 4.78 is 23.5. The Morgan fingerprint density at radius 1 is 1.29 bits per heavy atom. The van der Waals surface area contributed by atoms with E-state index in [1.165, 1.54) is 24.3 Å². The zero-order valence-corrected chi connectivity index (χ0v) is 11.8. The number of likely N-dealkylation sites (tertiary alicyclic amines) is 1. The summed E-state index contributed by atoms with van der Waals surface area (Å²) >= 11 is 0. The quantitative estimate of drug-likeness (QED) is 0.857. The average Bonchev–Trinajstić information content (AvgIpc) is 2.52. The Labute approximate surface area is 123 Å². The van der Waals surface area contributed by atoms with Gasteiger partial charge in [-0.15, -0.1) is 0 Å². The van der Waals surface area contributed by atoms with Gasteiger partial charge in [0.25, 0.3) is 5.91 Å². The molecule has 0 aliphatic carbocycles. The van der Waals surface area contributed by atoms with E-state index in [0.29, 0.717) is 25.4 Å². The molecule has 1 aromatic carbocycles. The number of halogens is 1. The van der Waals surface area contributed by atoms with E-state index in [0.717, 1.165) is 12.8 Å². The van der Waals surface area contributed by atoms with Gasteiger partial charge < -0.3 is 19.5 Å². The first kappa shape index (κ1) is 15.7. The molecule has 1 aliphatic heterocycles. The minimum Gasteiger partial charge on any atom is -0.484 e. The standard InChI is InChI=1S/C15H20FNO4/c16-12-1-3-13(4-2-12)21-11-15(19)17-7-5-14(6-8-17)20-10-9-18/h1-4,14,18H,5-11H2. The Kier molecular flexibility index (Phi) is 5.95. The molecule has 116 valence electrons. The fraction of sp³-hybridized carbons (Fsp3) is 0.533. The zero-order valence-electron chi connectivity index (χ0n) is 11.8. The van der Waals surface area contributed by atoms with Gasteiger partial charge in [-0.1, -0.05) is 0 Å². The third kappa shape index (κ3) is 4.99. The second kappa shape index (κ2) is 7.95. The Morgan fingerprint density at radius 2 is 1.95 bits per heavy atom. The third-order valence-corrected chi connectivity index (χ3v) is 3.42. The number of hydrogen-bond donors (Lipinski definition) is 1.